The minimum absolute atomic E-state index is 0.124. The lowest BCUT2D eigenvalue weighted by Crippen LogP contribution is -2.46. The van der Waals surface area contributed by atoms with Crippen molar-refractivity contribution < 1.29 is 0 Å². The molecule has 2 aliphatic rings. The van der Waals surface area contributed by atoms with Gasteiger partial charge in [0.15, 0.2) is 11.5 Å². The summed E-state index contributed by atoms with van der Waals surface area (Å²) in [6.07, 6.45) is 9.86. The second-order valence-electron chi connectivity index (χ2n) is 6.89. The van der Waals surface area contributed by atoms with Crippen LogP contribution in [-0.4, -0.2) is 43.0 Å². The molecule has 3 aromatic heterocycles. The Morgan fingerprint density at radius 2 is 2.12 bits per heavy atom. The van der Waals surface area contributed by atoms with Gasteiger partial charge in [-0.2, -0.15) is 0 Å². The monoisotopic (exact) mass is 321 g/mol. The number of aromatic amines is 1. The summed E-state index contributed by atoms with van der Waals surface area (Å²) >= 11 is 0. The highest BCUT2D eigenvalue weighted by Gasteiger charge is 2.44. The Morgan fingerprint density at radius 3 is 3.08 bits per heavy atom. The molecule has 1 aliphatic heterocycles. The molecule has 0 radical (unpaired) electrons. The fourth-order valence-corrected chi connectivity index (χ4v) is 4.33. The van der Waals surface area contributed by atoms with E-state index in [0.717, 1.165) is 55.2 Å². The zero-order valence-corrected chi connectivity index (χ0v) is 13.7. The van der Waals surface area contributed by atoms with Crippen molar-refractivity contribution in [1.82, 2.24) is 29.9 Å². The van der Waals surface area contributed by atoms with E-state index in [-0.39, 0.29) is 5.41 Å². The summed E-state index contributed by atoms with van der Waals surface area (Å²) in [5, 5.41) is 0. The first kappa shape index (κ1) is 13.8. The molecule has 0 saturated carbocycles. The average Bonchev–Trinajstić information content (AvgIpc) is 3.21. The molecule has 0 aromatic carbocycles. The van der Waals surface area contributed by atoms with Crippen molar-refractivity contribution in [2.24, 2.45) is 0 Å². The van der Waals surface area contributed by atoms with E-state index >= 15 is 0 Å². The summed E-state index contributed by atoms with van der Waals surface area (Å²) in [5.41, 5.74) is 4.35. The van der Waals surface area contributed by atoms with Crippen LogP contribution in [0.5, 0.6) is 0 Å². The van der Waals surface area contributed by atoms with Gasteiger partial charge in [0.1, 0.15) is 17.7 Å². The first-order valence-electron chi connectivity index (χ1n) is 8.47. The molecule has 1 saturated heterocycles. The van der Waals surface area contributed by atoms with E-state index in [1.54, 1.807) is 12.7 Å². The average molecular weight is 321 g/mol. The number of aromatic nitrogens is 6. The lowest BCUT2D eigenvalue weighted by atomic mass is 9.77. The molecule has 1 fully saturated rings. The molecule has 122 valence electrons. The summed E-state index contributed by atoms with van der Waals surface area (Å²) in [7, 11) is 0. The Kier molecular flexibility index (Phi) is 2.86. The van der Waals surface area contributed by atoms with Crippen molar-refractivity contribution in [1.29, 1.82) is 0 Å². The Labute approximate surface area is 139 Å². The first-order chi connectivity index (χ1) is 11.8. The molecule has 24 heavy (non-hydrogen) atoms. The number of hydrogen-bond acceptors (Lipinski definition) is 6. The van der Waals surface area contributed by atoms with Gasteiger partial charge in [-0.3, -0.25) is 0 Å². The summed E-state index contributed by atoms with van der Waals surface area (Å²) in [6.45, 7) is 3.93. The van der Waals surface area contributed by atoms with Crippen molar-refractivity contribution in [3.63, 3.8) is 0 Å². The van der Waals surface area contributed by atoms with Crippen LogP contribution >= 0.6 is 0 Å². The van der Waals surface area contributed by atoms with Gasteiger partial charge in [0, 0.05) is 24.7 Å². The van der Waals surface area contributed by atoms with E-state index in [9.17, 15) is 0 Å². The topological polar surface area (TPSA) is 83.5 Å². The molecule has 1 N–H and O–H groups in total. The maximum Gasteiger partial charge on any atom is 0.182 e. The van der Waals surface area contributed by atoms with E-state index in [4.69, 9.17) is 4.98 Å². The van der Waals surface area contributed by atoms with E-state index in [2.05, 4.69) is 29.8 Å². The largest absolute Gasteiger partial charge is 0.354 e. The summed E-state index contributed by atoms with van der Waals surface area (Å²) < 4.78 is 0. The van der Waals surface area contributed by atoms with Crippen LogP contribution in [0, 0.1) is 6.92 Å². The molecule has 1 atom stereocenters. The zero-order valence-electron chi connectivity index (χ0n) is 13.7. The number of nitrogens with one attached hydrogen (secondary N) is 1. The van der Waals surface area contributed by atoms with Gasteiger partial charge in [0.2, 0.25) is 0 Å². The van der Waals surface area contributed by atoms with Crippen LogP contribution in [0.4, 0.5) is 5.82 Å². The lowest BCUT2D eigenvalue weighted by molar-refractivity contribution is 0.333. The molecule has 0 amide bonds. The molecule has 3 aromatic rings. The highest BCUT2D eigenvalue weighted by atomic mass is 15.2. The highest BCUT2D eigenvalue weighted by Crippen LogP contribution is 2.44. The number of fused-ring (bicyclic) bond motifs is 3. The standard InChI is InChI=1S/C17H19N7/c1-11-18-7-12-3-5-17(14(12)23-11)4-2-6-24(8-17)16-13-15(20-9-19-13)21-10-22-16/h7,9-10H,2-6,8H2,1H3,(H,19,20,21,22). The SMILES string of the molecule is Cc1ncc2c(n1)C1(CCCN(c3ncnc4nc[nH]c34)C1)CC2. The molecule has 0 bridgehead atoms. The van der Waals surface area contributed by atoms with Crippen LogP contribution in [0.25, 0.3) is 11.2 Å². The molecular formula is C17H19N7. The fraction of sp³-hybridized carbons (Fsp3) is 0.471. The van der Waals surface area contributed by atoms with Crippen molar-refractivity contribution in [3.8, 4) is 0 Å². The maximum atomic E-state index is 4.82. The van der Waals surface area contributed by atoms with Gasteiger partial charge in [-0.05, 0) is 38.2 Å². The quantitative estimate of drug-likeness (QED) is 0.737. The van der Waals surface area contributed by atoms with Crippen LogP contribution in [0.3, 0.4) is 0 Å². The molecule has 1 aliphatic carbocycles. The van der Waals surface area contributed by atoms with Gasteiger partial charge < -0.3 is 9.88 Å². The third-order valence-corrected chi connectivity index (χ3v) is 5.44. The second-order valence-corrected chi connectivity index (χ2v) is 6.89. The van der Waals surface area contributed by atoms with Gasteiger partial charge in [-0.1, -0.05) is 0 Å². The van der Waals surface area contributed by atoms with Crippen LogP contribution in [-0.2, 0) is 11.8 Å². The third-order valence-electron chi connectivity index (χ3n) is 5.44. The molecule has 1 spiro atoms. The molecule has 7 nitrogen and oxygen atoms in total. The smallest absolute Gasteiger partial charge is 0.182 e. The van der Waals surface area contributed by atoms with Gasteiger partial charge in [0.25, 0.3) is 0 Å². The molecule has 7 heteroatoms. The third kappa shape index (κ3) is 1.93. The van der Waals surface area contributed by atoms with Crippen molar-refractivity contribution in [2.75, 3.05) is 18.0 Å². The van der Waals surface area contributed by atoms with Crippen LogP contribution in [0.2, 0.25) is 0 Å². The van der Waals surface area contributed by atoms with Crippen LogP contribution in [0.15, 0.2) is 18.9 Å². The Balaban J connectivity index is 1.56. The van der Waals surface area contributed by atoms with Crippen molar-refractivity contribution in [2.45, 2.75) is 38.0 Å². The van der Waals surface area contributed by atoms with E-state index in [0.29, 0.717) is 0 Å². The van der Waals surface area contributed by atoms with Crippen LogP contribution < -0.4 is 4.90 Å². The van der Waals surface area contributed by atoms with Gasteiger partial charge in [-0.25, -0.2) is 24.9 Å². The number of aryl methyl sites for hydroxylation is 2. The van der Waals surface area contributed by atoms with Gasteiger partial charge in [-0.15, -0.1) is 0 Å². The predicted octanol–water partition coefficient (Wildman–Crippen LogP) is 1.94. The summed E-state index contributed by atoms with van der Waals surface area (Å²) in [6, 6.07) is 0. The molecule has 1 unspecified atom stereocenters. The number of H-pyrrole nitrogens is 1. The normalized spacial score (nSPS) is 23.1. The zero-order chi connectivity index (χ0) is 16.1. The van der Waals surface area contributed by atoms with Crippen LogP contribution in [0.1, 0.15) is 36.3 Å². The number of hydrogen-bond donors (Lipinski definition) is 1. The Morgan fingerprint density at radius 1 is 1.17 bits per heavy atom. The van der Waals surface area contributed by atoms with E-state index in [1.165, 1.54) is 17.7 Å². The number of imidazole rings is 1. The second kappa shape index (κ2) is 4.96. The fourth-order valence-electron chi connectivity index (χ4n) is 4.33. The molecule has 4 heterocycles. The Hall–Kier alpha value is -2.57. The first-order valence-corrected chi connectivity index (χ1v) is 8.47. The maximum absolute atomic E-state index is 4.82. The lowest BCUT2D eigenvalue weighted by Gasteiger charge is -2.41. The number of nitrogens with zero attached hydrogens (tertiary/aromatic N) is 6. The molecule has 5 rings (SSSR count). The minimum Gasteiger partial charge on any atom is -0.354 e. The summed E-state index contributed by atoms with van der Waals surface area (Å²) in [5.74, 6) is 1.82. The van der Waals surface area contributed by atoms with Crippen molar-refractivity contribution in [3.05, 3.63) is 35.9 Å². The number of rotatable bonds is 1. The Bertz CT molecular complexity index is 914. The summed E-state index contributed by atoms with van der Waals surface area (Å²) in [4.78, 5) is 27.8. The number of anilines is 1. The highest BCUT2D eigenvalue weighted by molar-refractivity contribution is 5.82. The van der Waals surface area contributed by atoms with Gasteiger partial charge >= 0.3 is 0 Å². The van der Waals surface area contributed by atoms with Gasteiger partial charge in [0.05, 0.1) is 12.0 Å². The predicted molar refractivity (Wildman–Crippen MR) is 89.9 cm³/mol. The number of piperidine rings is 1. The van der Waals surface area contributed by atoms with E-state index in [1.807, 2.05) is 13.1 Å². The van der Waals surface area contributed by atoms with Crippen molar-refractivity contribution >= 4 is 17.0 Å². The minimum atomic E-state index is 0.124. The molecular weight excluding hydrogens is 302 g/mol. The van der Waals surface area contributed by atoms with E-state index < -0.39 is 0 Å².